The molecule has 0 aromatic rings. The number of carbonyl (C=O) groups is 1. The molecule has 3 N–H and O–H groups in total. The average Bonchev–Trinajstić information content (AvgIpc) is 1.97. The van der Waals surface area contributed by atoms with Crippen LogP contribution in [-0.2, 0) is 4.79 Å². The van der Waals surface area contributed by atoms with Crippen LogP contribution in [0.1, 0.15) is 34.1 Å². The lowest BCUT2D eigenvalue weighted by molar-refractivity contribution is -0.126. The zero-order chi connectivity index (χ0) is 11.4. The number of carbonyl (C=O) groups excluding carboxylic acids is 1. The van der Waals surface area contributed by atoms with E-state index in [9.17, 15) is 9.90 Å². The Morgan fingerprint density at radius 1 is 1.29 bits per heavy atom. The molecule has 0 radical (unpaired) electrons. The van der Waals surface area contributed by atoms with Gasteiger partial charge in [-0.25, -0.2) is 0 Å². The highest BCUT2D eigenvalue weighted by Gasteiger charge is 2.35. The molecule has 0 aliphatic rings. The van der Waals surface area contributed by atoms with Crippen LogP contribution in [0.3, 0.4) is 0 Å². The maximum atomic E-state index is 11.4. The highest BCUT2D eigenvalue weighted by molar-refractivity contribution is 5.77. The van der Waals surface area contributed by atoms with Crippen molar-refractivity contribution in [2.75, 3.05) is 13.6 Å². The van der Waals surface area contributed by atoms with Crippen LogP contribution in [0.4, 0.5) is 0 Å². The van der Waals surface area contributed by atoms with E-state index in [1.165, 1.54) is 0 Å². The first kappa shape index (κ1) is 13.4. The van der Waals surface area contributed by atoms with Gasteiger partial charge in [-0.1, -0.05) is 0 Å². The van der Waals surface area contributed by atoms with Crippen molar-refractivity contribution in [3.8, 4) is 0 Å². The second kappa shape index (κ2) is 4.75. The van der Waals surface area contributed by atoms with Crippen molar-refractivity contribution in [1.29, 1.82) is 0 Å². The first-order valence-corrected chi connectivity index (χ1v) is 4.88. The molecular weight excluding hydrogens is 180 g/mol. The molecule has 0 saturated heterocycles. The van der Waals surface area contributed by atoms with E-state index in [-0.39, 0.29) is 5.91 Å². The Balaban J connectivity index is 4.16. The molecule has 0 heterocycles. The summed E-state index contributed by atoms with van der Waals surface area (Å²) in [4.78, 5) is 11.4. The fraction of sp³-hybridized carbons (Fsp3) is 0.900. The number of aliphatic hydroxyl groups is 1. The molecule has 0 aromatic carbocycles. The van der Waals surface area contributed by atoms with Crippen LogP contribution in [0.5, 0.6) is 0 Å². The van der Waals surface area contributed by atoms with Gasteiger partial charge >= 0.3 is 0 Å². The van der Waals surface area contributed by atoms with Crippen LogP contribution in [-0.4, -0.2) is 35.7 Å². The lowest BCUT2D eigenvalue weighted by Gasteiger charge is -2.38. The molecule has 14 heavy (non-hydrogen) atoms. The minimum atomic E-state index is -0.928. The smallest absolute Gasteiger partial charge is 0.221 e. The van der Waals surface area contributed by atoms with Crippen molar-refractivity contribution in [2.45, 2.75) is 45.3 Å². The van der Waals surface area contributed by atoms with Gasteiger partial charge in [0.05, 0.1) is 11.1 Å². The molecule has 0 unspecified atom stereocenters. The summed E-state index contributed by atoms with van der Waals surface area (Å²) in [6, 6.07) is 0. The van der Waals surface area contributed by atoms with E-state index < -0.39 is 11.1 Å². The summed E-state index contributed by atoms with van der Waals surface area (Å²) in [5, 5.41) is 15.5. The van der Waals surface area contributed by atoms with Crippen molar-refractivity contribution in [3.63, 3.8) is 0 Å². The predicted octanol–water partition coefficient (Wildman–Crippen LogP) is 0.262. The SMILES string of the molecule is CNCCC(=O)NC(C)(C)C(C)(C)O. The summed E-state index contributed by atoms with van der Waals surface area (Å²) >= 11 is 0. The third kappa shape index (κ3) is 4.07. The molecular formula is C10H22N2O2. The summed E-state index contributed by atoms with van der Waals surface area (Å²) in [7, 11) is 1.80. The molecule has 1 amide bonds. The van der Waals surface area contributed by atoms with Crippen molar-refractivity contribution >= 4 is 5.91 Å². The van der Waals surface area contributed by atoms with Crippen LogP contribution in [0.25, 0.3) is 0 Å². The standard InChI is InChI=1S/C10H22N2O2/c1-9(2,10(3,4)14)12-8(13)6-7-11-5/h11,14H,6-7H2,1-5H3,(H,12,13). The van der Waals surface area contributed by atoms with Crippen molar-refractivity contribution in [2.24, 2.45) is 0 Å². The van der Waals surface area contributed by atoms with Gasteiger partial charge in [0.2, 0.25) is 5.91 Å². The molecule has 0 aliphatic carbocycles. The van der Waals surface area contributed by atoms with Crippen LogP contribution in [0.15, 0.2) is 0 Å². The Morgan fingerprint density at radius 2 is 1.79 bits per heavy atom. The Labute approximate surface area is 86.1 Å². The maximum Gasteiger partial charge on any atom is 0.221 e. The Hall–Kier alpha value is -0.610. The van der Waals surface area contributed by atoms with E-state index in [1.807, 2.05) is 13.8 Å². The van der Waals surface area contributed by atoms with Crippen LogP contribution in [0.2, 0.25) is 0 Å². The normalized spacial score (nSPS) is 12.7. The molecule has 0 fully saturated rings. The molecule has 0 atom stereocenters. The molecule has 0 aliphatic heterocycles. The van der Waals surface area contributed by atoms with E-state index in [0.29, 0.717) is 13.0 Å². The lowest BCUT2D eigenvalue weighted by atomic mass is 9.86. The zero-order valence-corrected chi connectivity index (χ0v) is 9.77. The van der Waals surface area contributed by atoms with Crippen molar-refractivity contribution < 1.29 is 9.90 Å². The summed E-state index contributed by atoms with van der Waals surface area (Å²) in [6.45, 7) is 7.64. The van der Waals surface area contributed by atoms with Gasteiger partial charge in [-0.2, -0.15) is 0 Å². The molecule has 4 nitrogen and oxygen atoms in total. The molecule has 4 heteroatoms. The Bertz CT molecular complexity index is 195. The largest absolute Gasteiger partial charge is 0.388 e. The van der Waals surface area contributed by atoms with E-state index in [1.54, 1.807) is 20.9 Å². The van der Waals surface area contributed by atoms with Crippen molar-refractivity contribution in [3.05, 3.63) is 0 Å². The van der Waals surface area contributed by atoms with Gasteiger partial charge in [0.25, 0.3) is 0 Å². The van der Waals surface area contributed by atoms with Gasteiger partial charge < -0.3 is 15.7 Å². The van der Waals surface area contributed by atoms with Gasteiger partial charge in [-0.05, 0) is 34.7 Å². The molecule has 0 bridgehead atoms. The van der Waals surface area contributed by atoms with E-state index in [4.69, 9.17) is 0 Å². The summed E-state index contributed by atoms with van der Waals surface area (Å²) in [6.07, 6.45) is 0.427. The fourth-order valence-corrected chi connectivity index (χ4v) is 0.803. The molecule has 0 aromatic heterocycles. The molecule has 0 rings (SSSR count). The van der Waals surface area contributed by atoms with Crippen LogP contribution in [0, 0.1) is 0 Å². The summed E-state index contributed by atoms with van der Waals surface area (Å²) in [5.41, 5.74) is -1.54. The second-order valence-electron chi connectivity index (χ2n) is 4.59. The zero-order valence-electron chi connectivity index (χ0n) is 9.77. The first-order chi connectivity index (χ1) is 6.20. The Kier molecular flexibility index (Phi) is 4.55. The molecule has 0 saturated carbocycles. The second-order valence-corrected chi connectivity index (χ2v) is 4.59. The monoisotopic (exact) mass is 202 g/mol. The summed E-state index contributed by atoms with van der Waals surface area (Å²) in [5.74, 6) is -0.0496. The van der Waals surface area contributed by atoms with Crippen molar-refractivity contribution in [1.82, 2.24) is 10.6 Å². The van der Waals surface area contributed by atoms with E-state index in [2.05, 4.69) is 10.6 Å². The number of nitrogens with one attached hydrogen (secondary N) is 2. The maximum absolute atomic E-state index is 11.4. The summed E-state index contributed by atoms with van der Waals surface area (Å²) < 4.78 is 0. The first-order valence-electron chi connectivity index (χ1n) is 4.88. The quantitative estimate of drug-likeness (QED) is 0.599. The number of rotatable bonds is 5. The third-order valence-electron chi connectivity index (χ3n) is 2.58. The van der Waals surface area contributed by atoms with Gasteiger partial charge in [-0.3, -0.25) is 4.79 Å². The predicted molar refractivity (Wildman–Crippen MR) is 57.1 cm³/mol. The number of hydrogen-bond acceptors (Lipinski definition) is 3. The van der Waals surface area contributed by atoms with Crippen LogP contribution < -0.4 is 10.6 Å². The highest BCUT2D eigenvalue weighted by atomic mass is 16.3. The minimum Gasteiger partial charge on any atom is -0.388 e. The number of hydrogen-bond donors (Lipinski definition) is 3. The van der Waals surface area contributed by atoms with Gasteiger partial charge in [-0.15, -0.1) is 0 Å². The third-order valence-corrected chi connectivity index (χ3v) is 2.58. The minimum absolute atomic E-state index is 0.0496. The molecule has 84 valence electrons. The fourth-order valence-electron chi connectivity index (χ4n) is 0.803. The van der Waals surface area contributed by atoms with Crippen LogP contribution >= 0.6 is 0 Å². The number of amides is 1. The van der Waals surface area contributed by atoms with Gasteiger partial charge in [0.15, 0.2) is 0 Å². The topological polar surface area (TPSA) is 61.4 Å². The lowest BCUT2D eigenvalue weighted by Crippen LogP contribution is -2.57. The average molecular weight is 202 g/mol. The Morgan fingerprint density at radius 3 is 2.14 bits per heavy atom. The van der Waals surface area contributed by atoms with E-state index >= 15 is 0 Å². The van der Waals surface area contributed by atoms with E-state index in [0.717, 1.165) is 0 Å². The van der Waals surface area contributed by atoms with Gasteiger partial charge in [0.1, 0.15) is 0 Å². The molecule has 0 spiro atoms. The highest BCUT2D eigenvalue weighted by Crippen LogP contribution is 2.20. The van der Waals surface area contributed by atoms with Gasteiger partial charge in [0, 0.05) is 13.0 Å².